The molecule has 0 atom stereocenters. The van der Waals surface area contributed by atoms with Gasteiger partial charge in [-0.1, -0.05) is 12.8 Å². The van der Waals surface area contributed by atoms with Crippen LogP contribution in [0.3, 0.4) is 0 Å². The molecule has 2 nitrogen and oxygen atoms in total. The molecule has 0 aromatic carbocycles. The number of rotatable bonds is 7. The van der Waals surface area contributed by atoms with Crippen molar-refractivity contribution in [1.29, 1.82) is 0 Å². The predicted octanol–water partition coefficient (Wildman–Crippen LogP) is 4.96. The first kappa shape index (κ1) is 17.0. The largest absolute Gasteiger partial charge is 0.376 e. The Hall–Kier alpha value is -0.0800. The van der Waals surface area contributed by atoms with Crippen molar-refractivity contribution < 1.29 is 9.47 Å². The van der Waals surface area contributed by atoms with E-state index in [0.717, 1.165) is 13.2 Å². The average Bonchev–Trinajstić information content (AvgIpc) is 2.16. The van der Waals surface area contributed by atoms with Crippen LogP contribution in [-0.2, 0) is 9.47 Å². The van der Waals surface area contributed by atoms with Gasteiger partial charge >= 0.3 is 0 Å². The molecule has 2 heteroatoms. The Kier molecular flexibility index (Phi) is 5.88. The summed E-state index contributed by atoms with van der Waals surface area (Å²) in [5, 5.41) is 0. The first-order valence-electron chi connectivity index (χ1n) is 7.90. The molecule has 0 radical (unpaired) electrons. The molecule has 0 bridgehead atoms. The number of hydrogen-bond donors (Lipinski definition) is 0. The van der Waals surface area contributed by atoms with Gasteiger partial charge in [0.2, 0.25) is 0 Å². The zero-order valence-electron chi connectivity index (χ0n) is 14.0. The first-order valence-corrected chi connectivity index (χ1v) is 7.90. The van der Waals surface area contributed by atoms with Crippen LogP contribution in [0, 0.1) is 5.41 Å². The summed E-state index contributed by atoms with van der Waals surface area (Å²) in [6.45, 7) is 14.6. The Morgan fingerprint density at radius 3 is 1.84 bits per heavy atom. The molecule has 0 heterocycles. The Morgan fingerprint density at radius 2 is 1.42 bits per heavy atom. The van der Waals surface area contributed by atoms with Crippen LogP contribution in [0.5, 0.6) is 0 Å². The fourth-order valence-corrected chi connectivity index (χ4v) is 2.49. The topological polar surface area (TPSA) is 18.5 Å². The van der Waals surface area contributed by atoms with E-state index in [2.05, 4.69) is 41.5 Å². The Bertz CT molecular complexity index is 253. The normalized spacial score (nSPS) is 19.3. The number of hydrogen-bond acceptors (Lipinski definition) is 2. The van der Waals surface area contributed by atoms with E-state index in [4.69, 9.17) is 9.47 Å². The molecule has 0 spiro atoms. The summed E-state index contributed by atoms with van der Waals surface area (Å²) in [4.78, 5) is 0. The van der Waals surface area contributed by atoms with Gasteiger partial charge in [-0.05, 0) is 72.6 Å². The molecule has 0 aromatic heterocycles. The molecule has 1 saturated carbocycles. The van der Waals surface area contributed by atoms with Crippen molar-refractivity contribution in [2.24, 2.45) is 5.41 Å². The van der Waals surface area contributed by atoms with Crippen LogP contribution in [0.4, 0.5) is 0 Å². The van der Waals surface area contributed by atoms with Crippen molar-refractivity contribution in [2.75, 3.05) is 13.2 Å². The van der Waals surface area contributed by atoms with Crippen molar-refractivity contribution in [1.82, 2.24) is 0 Å². The summed E-state index contributed by atoms with van der Waals surface area (Å²) in [5.74, 6) is 0. The van der Waals surface area contributed by atoms with Crippen LogP contribution in [-0.4, -0.2) is 24.4 Å². The van der Waals surface area contributed by atoms with Gasteiger partial charge in [-0.15, -0.1) is 0 Å². The fourth-order valence-electron chi connectivity index (χ4n) is 2.49. The van der Waals surface area contributed by atoms with Gasteiger partial charge in [0.1, 0.15) is 0 Å². The lowest BCUT2D eigenvalue weighted by Gasteiger charge is -2.43. The minimum absolute atomic E-state index is 0.00205. The van der Waals surface area contributed by atoms with Gasteiger partial charge in [-0.3, -0.25) is 0 Å². The van der Waals surface area contributed by atoms with Crippen LogP contribution in [0.2, 0.25) is 0 Å². The van der Waals surface area contributed by atoms with Crippen molar-refractivity contribution in [3.05, 3.63) is 0 Å². The molecule has 19 heavy (non-hydrogen) atoms. The molecule has 0 aliphatic heterocycles. The summed E-state index contributed by atoms with van der Waals surface area (Å²) in [5.41, 5.74) is 0.483. The van der Waals surface area contributed by atoms with Crippen LogP contribution in [0.25, 0.3) is 0 Å². The van der Waals surface area contributed by atoms with E-state index in [-0.39, 0.29) is 11.2 Å². The first-order chi connectivity index (χ1) is 8.62. The standard InChI is InChI=1S/C17H34O2/c1-15(2,3)18-13-8-7-10-17(11-9-12-17)14-19-16(4,5)6/h7-14H2,1-6H3. The second kappa shape index (κ2) is 6.58. The molecule has 114 valence electrons. The van der Waals surface area contributed by atoms with E-state index in [1.165, 1.54) is 38.5 Å². The van der Waals surface area contributed by atoms with Crippen molar-refractivity contribution in [2.45, 2.75) is 91.3 Å². The van der Waals surface area contributed by atoms with Gasteiger partial charge in [0.25, 0.3) is 0 Å². The monoisotopic (exact) mass is 270 g/mol. The molecule has 1 rings (SSSR count). The van der Waals surface area contributed by atoms with Gasteiger partial charge < -0.3 is 9.47 Å². The maximum Gasteiger partial charge on any atom is 0.0598 e. The number of ether oxygens (including phenoxy) is 2. The van der Waals surface area contributed by atoms with E-state index in [0.29, 0.717) is 5.41 Å². The van der Waals surface area contributed by atoms with Gasteiger partial charge in [0.15, 0.2) is 0 Å². The van der Waals surface area contributed by atoms with Crippen LogP contribution < -0.4 is 0 Å². The summed E-state index contributed by atoms with van der Waals surface area (Å²) in [7, 11) is 0. The second-order valence-electron chi connectivity index (χ2n) is 8.17. The quantitative estimate of drug-likeness (QED) is 0.609. The molecule has 0 unspecified atom stereocenters. The van der Waals surface area contributed by atoms with Crippen LogP contribution in [0.1, 0.15) is 80.1 Å². The van der Waals surface area contributed by atoms with E-state index in [1.807, 2.05) is 0 Å². The predicted molar refractivity (Wildman–Crippen MR) is 81.5 cm³/mol. The van der Waals surface area contributed by atoms with E-state index in [9.17, 15) is 0 Å². The smallest absolute Gasteiger partial charge is 0.0598 e. The molecule has 1 fully saturated rings. The third-order valence-corrected chi connectivity index (χ3v) is 3.86. The molecule has 1 aliphatic rings. The molecule has 0 amide bonds. The van der Waals surface area contributed by atoms with E-state index in [1.54, 1.807) is 0 Å². The lowest BCUT2D eigenvalue weighted by molar-refractivity contribution is -0.0833. The van der Waals surface area contributed by atoms with Crippen LogP contribution >= 0.6 is 0 Å². The highest BCUT2D eigenvalue weighted by molar-refractivity contribution is 4.88. The third kappa shape index (κ3) is 7.31. The highest BCUT2D eigenvalue weighted by Crippen LogP contribution is 2.45. The van der Waals surface area contributed by atoms with Crippen molar-refractivity contribution in [3.63, 3.8) is 0 Å². The highest BCUT2D eigenvalue weighted by Gasteiger charge is 2.37. The Labute approximate surface area is 120 Å². The van der Waals surface area contributed by atoms with E-state index >= 15 is 0 Å². The summed E-state index contributed by atoms with van der Waals surface area (Å²) in [6.07, 6.45) is 7.83. The summed E-state index contributed by atoms with van der Waals surface area (Å²) >= 11 is 0. The van der Waals surface area contributed by atoms with Crippen molar-refractivity contribution in [3.8, 4) is 0 Å². The highest BCUT2D eigenvalue weighted by atomic mass is 16.5. The molecular weight excluding hydrogens is 236 g/mol. The van der Waals surface area contributed by atoms with Gasteiger partial charge in [-0.25, -0.2) is 0 Å². The Balaban J connectivity index is 2.18. The Morgan fingerprint density at radius 1 is 0.842 bits per heavy atom. The minimum Gasteiger partial charge on any atom is -0.376 e. The van der Waals surface area contributed by atoms with Crippen LogP contribution in [0.15, 0.2) is 0 Å². The maximum absolute atomic E-state index is 6.02. The lowest BCUT2D eigenvalue weighted by Crippen LogP contribution is -2.37. The average molecular weight is 270 g/mol. The van der Waals surface area contributed by atoms with Gasteiger partial charge in [0.05, 0.1) is 17.8 Å². The molecule has 1 aliphatic carbocycles. The zero-order chi connectivity index (χ0) is 14.6. The molecular formula is C17H34O2. The maximum atomic E-state index is 6.02. The summed E-state index contributed by atoms with van der Waals surface area (Å²) in [6, 6.07) is 0. The van der Waals surface area contributed by atoms with Gasteiger partial charge in [0, 0.05) is 6.61 Å². The van der Waals surface area contributed by atoms with Gasteiger partial charge in [-0.2, -0.15) is 0 Å². The van der Waals surface area contributed by atoms with E-state index < -0.39 is 0 Å². The number of unbranched alkanes of at least 4 members (excludes halogenated alkanes) is 1. The molecule has 0 saturated heterocycles. The fraction of sp³-hybridized carbons (Fsp3) is 1.00. The second-order valence-corrected chi connectivity index (χ2v) is 8.17. The minimum atomic E-state index is -0.00205. The SMILES string of the molecule is CC(C)(C)OCCCCC1(COC(C)(C)C)CCC1. The summed E-state index contributed by atoms with van der Waals surface area (Å²) < 4.78 is 11.8. The zero-order valence-corrected chi connectivity index (χ0v) is 14.0. The molecule has 0 aromatic rings. The van der Waals surface area contributed by atoms with Crippen molar-refractivity contribution >= 4 is 0 Å². The third-order valence-electron chi connectivity index (χ3n) is 3.86. The lowest BCUT2D eigenvalue weighted by atomic mass is 9.66. The molecule has 0 N–H and O–H groups in total.